The summed E-state index contributed by atoms with van der Waals surface area (Å²) in [7, 11) is -0.413. The minimum atomic E-state index is -0.487. The number of nitrogens with zero attached hydrogens (tertiary/aromatic N) is 3. The summed E-state index contributed by atoms with van der Waals surface area (Å²) in [6, 6.07) is 4.05. The number of pyridine rings is 1. The van der Waals surface area contributed by atoms with E-state index in [-0.39, 0.29) is 23.3 Å². The van der Waals surface area contributed by atoms with Gasteiger partial charge in [0.25, 0.3) is 0 Å². The van der Waals surface area contributed by atoms with Crippen molar-refractivity contribution in [3.05, 3.63) is 18.3 Å². The van der Waals surface area contributed by atoms with Gasteiger partial charge in [-0.15, -0.1) is 0 Å². The van der Waals surface area contributed by atoms with E-state index in [2.05, 4.69) is 9.88 Å². The average Bonchev–Trinajstić information content (AvgIpc) is 2.81. The highest BCUT2D eigenvalue weighted by molar-refractivity contribution is 6.62. The second kappa shape index (κ2) is 7.47. The predicted molar refractivity (Wildman–Crippen MR) is 115 cm³/mol. The van der Waals surface area contributed by atoms with E-state index in [0.29, 0.717) is 19.6 Å². The fourth-order valence-electron chi connectivity index (χ4n) is 3.46. The highest BCUT2D eigenvalue weighted by atomic mass is 16.7. The quantitative estimate of drug-likeness (QED) is 0.708. The van der Waals surface area contributed by atoms with Crippen LogP contribution in [0.5, 0.6) is 0 Å². The molecular formula is C21H34BN3O4. The van der Waals surface area contributed by atoms with Crippen LogP contribution in [0.4, 0.5) is 10.6 Å². The summed E-state index contributed by atoms with van der Waals surface area (Å²) in [6.07, 6.45) is 1.57. The molecule has 7 nitrogen and oxygen atoms in total. The molecule has 2 aliphatic rings. The molecule has 2 saturated heterocycles. The van der Waals surface area contributed by atoms with Gasteiger partial charge in [0.05, 0.1) is 11.2 Å². The van der Waals surface area contributed by atoms with Gasteiger partial charge in [-0.05, 0) is 61.5 Å². The van der Waals surface area contributed by atoms with Crippen LogP contribution in [-0.2, 0) is 14.0 Å². The van der Waals surface area contributed by atoms with E-state index in [4.69, 9.17) is 14.0 Å². The molecule has 0 bridgehead atoms. The van der Waals surface area contributed by atoms with Crippen LogP contribution < -0.4 is 10.4 Å². The smallest absolute Gasteiger partial charge is 0.444 e. The Morgan fingerprint density at radius 2 is 1.79 bits per heavy atom. The summed E-state index contributed by atoms with van der Waals surface area (Å²) in [5.41, 5.74) is -0.320. The molecule has 3 rings (SSSR count). The van der Waals surface area contributed by atoms with Gasteiger partial charge in [0.15, 0.2) is 0 Å². The monoisotopic (exact) mass is 403 g/mol. The maximum Gasteiger partial charge on any atom is 0.496 e. The first-order valence-electron chi connectivity index (χ1n) is 10.4. The summed E-state index contributed by atoms with van der Waals surface area (Å²) >= 11 is 0. The van der Waals surface area contributed by atoms with Crippen LogP contribution in [0.1, 0.15) is 55.4 Å². The number of hydrogen-bond donors (Lipinski definition) is 0. The highest BCUT2D eigenvalue weighted by Crippen LogP contribution is 2.36. The molecule has 2 aliphatic heterocycles. The SMILES string of the molecule is C[C@@H]1CN(c2ccc(B3OC(C)(C)C(C)(C)O3)cn2)CCN1C(=O)OC(C)(C)C. The standard InChI is InChI=1S/C21H34BN3O4/c1-15-14-24(11-12-25(15)18(26)27-19(2,3)4)17-10-9-16(13-23-17)22-28-20(5,6)21(7,8)29-22/h9-10,13,15H,11-12,14H2,1-8H3/t15-/m1/s1. The number of carbonyl (C=O) groups is 1. The zero-order valence-electron chi connectivity index (χ0n) is 19.0. The Bertz CT molecular complexity index is 729. The number of ether oxygens (including phenoxy) is 1. The van der Waals surface area contributed by atoms with Crippen LogP contribution in [0.25, 0.3) is 0 Å². The van der Waals surface area contributed by atoms with Crippen molar-refractivity contribution < 1.29 is 18.8 Å². The third-order valence-corrected chi connectivity index (χ3v) is 5.88. The Kier molecular flexibility index (Phi) is 5.64. The van der Waals surface area contributed by atoms with E-state index < -0.39 is 12.7 Å². The summed E-state index contributed by atoms with van der Waals surface area (Å²) in [4.78, 5) is 21.0. The highest BCUT2D eigenvalue weighted by Gasteiger charge is 2.51. The summed E-state index contributed by atoms with van der Waals surface area (Å²) in [5.74, 6) is 0.890. The van der Waals surface area contributed by atoms with Crippen LogP contribution in [0.2, 0.25) is 0 Å². The fraction of sp³-hybridized carbons (Fsp3) is 0.714. The largest absolute Gasteiger partial charge is 0.496 e. The van der Waals surface area contributed by atoms with Crippen LogP contribution in [-0.4, -0.2) is 65.6 Å². The molecule has 160 valence electrons. The number of carbonyl (C=O) groups excluding carboxylic acids is 1. The molecule has 0 saturated carbocycles. The number of aromatic nitrogens is 1. The second-order valence-electron chi connectivity index (χ2n) is 10.0. The van der Waals surface area contributed by atoms with E-state index in [0.717, 1.165) is 11.3 Å². The van der Waals surface area contributed by atoms with Gasteiger partial charge in [-0.3, -0.25) is 0 Å². The van der Waals surface area contributed by atoms with Gasteiger partial charge in [-0.25, -0.2) is 9.78 Å². The Morgan fingerprint density at radius 1 is 1.17 bits per heavy atom. The Balaban J connectivity index is 1.63. The molecule has 1 amide bonds. The van der Waals surface area contributed by atoms with Crippen LogP contribution in [0.15, 0.2) is 18.3 Å². The van der Waals surface area contributed by atoms with E-state index in [1.807, 2.05) is 73.7 Å². The van der Waals surface area contributed by atoms with Gasteiger partial charge in [0.1, 0.15) is 11.4 Å². The van der Waals surface area contributed by atoms with Crippen LogP contribution >= 0.6 is 0 Å². The topological polar surface area (TPSA) is 64.1 Å². The minimum absolute atomic E-state index is 0.0446. The number of rotatable bonds is 2. The van der Waals surface area contributed by atoms with E-state index >= 15 is 0 Å². The summed E-state index contributed by atoms with van der Waals surface area (Å²) < 4.78 is 17.7. The minimum Gasteiger partial charge on any atom is -0.444 e. The third-order valence-electron chi connectivity index (χ3n) is 5.88. The maximum absolute atomic E-state index is 12.4. The summed E-state index contributed by atoms with van der Waals surface area (Å²) in [5, 5.41) is 0. The Morgan fingerprint density at radius 3 is 2.28 bits per heavy atom. The third kappa shape index (κ3) is 4.69. The lowest BCUT2D eigenvalue weighted by molar-refractivity contribution is 0.00578. The molecule has 8 heteroatoms. The maximum atomic E-state index is 12.4. The number of hydrogen-bond acceptors (Lipinski definition) is 6. The zero-order chi connectivity index (χ0) is 21.6. The van der Waals surface area contributed by atoms with Crippen molar-refractivity contribution in [1.82, 2.24) is 9.88 Å². The molecular weight excluding hydrogens is 369 g/mol. The molecule has 1 aromatic heterocycles. The normalized spacial score (nSPS) is 24.0. The molecule has 0 aliphatic carbocycles. The van der Waals surface area contributed by atoms with Crippen molar-refractivity contribution in [3.8, 4) is 0 Å². The van der Waals surface area contributed by atoms with Crippen molar-refractivity contribution in [2.24, 2.45) is 0 Å². The van der Waals surface area contributed by atoms with Gasteiger partial charge < -0.3 is 23.8 Å². The van der Waals surface area contributed by atoms with Gasteiger partial charge in [-0.1, -0.05) is 6.07 Å². The van der Waals surface area contributed by atoms with E-state index in [9.17, 15) is 4.79 Å². The molecule has 0 radical (unpaired) electrons. The average molecular weight is 403 g/mol. The van der Waals surface area contributed by atoms with Crippen molar-refractivity contribution in [2.75, 3.05) is 24.5 Å². The van der Waals surface area contributed by atoms with Crippen LogP contribution in [0.3, 0.4) is 0 Å². The molecule has 3 heterocycles. The molecule has 0 N–H and O–H groups in total. The lowest BCUT2D eigenvalue weighted by Gasteiger charge is -2.40. The van der Waals surface area contributed by atoms with Gasteiger partial charge >= 0.3 is 13.2 Å². The Hall–Kier alpha value is -1.80. The molecule has 29 heavy (non-hydrogen) atoms. The van der Waals surface area contributed by atoms with Crippen molar-refractivity contribution >= 4 is 24.5 Å². The van der Waals surface area contributed by atoms with E-state index in [1.54, 1.807) is 4.90 Å². The van der Waals surface area contributed by atoms with Crippen molar-refractivity contribution in [3.63, 3.8) is 0 Å². The molecule has 2 fully saturated rings. The van der Waals surface area contributed by atoms with Crippen molar-refractivity contribution in [2.45, 2.75) is 78.2 Å². The first kappa shape index (κ1) is 21.9. The molecule has 0 spiro atoms. The first-order valence-corrected chi connectivity index (χ1v) is 10.4. The van der Waals surface area contributed by atoms with E-state index in [1.165, 1.54) is 0 Å². The fourth-order valence-corrected chi connectivity index (χ4v) is 3.46. The number of amides is 1. The number of anilines is 1. The van der Waals surface area contributed by atoms with Crippen LogP contribution in [0, 0.1) is 0 Å². The predicted octanol–water partition coefficient (Wildman–Crippen LogP) is 2.83. The zero-order valence-corrected chi connectivity index (χ0v) is 19.0. The summed E-state index contributed by atoms with van der Waals surface area (Å²) in [6.45, 7) is 17.9. The molecule has 1 aromatic rings. The molecule has 1 atom stereocenters. The number of piperazine rings is 1. The van der Waals surface area contributed by atoms with Gasteiger partial charge in [0, 0.05) is 37.3 Å². The lowest BCUT2D eigenvalue weighted by atomic mass is 9.80. The molecule has 0 aromatic carbocycles. The van der Waals surface area contributed by atoms with Crippen molar-refractivity contribution in [1.29, 1.82) is 0 Å². The second-order valence-corrected chi connectivity index (χ2v) is 10.0. The Labute approximate surface area is 174 Å². The van der Waals surface area contributed by atoms with Gasteiger partial charge in [0.2, 0.25) is 0 Å². The lowest BCUT2D eigenvalue weighted by Crippen LogP contribution is -2.55. The van der Waals surface area contributed by atoms with Gasteiger partial charge in [-0.2, -0.15) is 0 Å². The first-order chi connectivity index (χ1) is 13.3. The molecule has 0 unspecified atom stereocenters.